The van der Waals surface area contributed by atoms with Gasteiger partial charge in [-0.2, -0.15) is 0 Å². The van der Waals surface area contributed by atoms with E-state index < -0.39 is 0 Å². The van der Waals surface area contributed by atoms with Crippen LogP contribution in [0, 0.1) is 0 Å². The Morgan fingerprint density at radius 2 is 1.71 bits per heavy atom. The van der Waals surface area contributed by atoms with E-state index in [1.165, 1.54) is 64.5 Å². The number of ether oxygens (including phenoxy) is 1. The van der Waals surface area contributed by atoms with E-state index in [-0.39, 0.29) is 5.60 Å². The molecule has 0 spiro atoms. The molecule has 1 atom stereocenters. The third-order valence-corrected chi connectivity index (χ3v) is 6.04. The van der Waals surface area contributed by atoms with Crippen LogP contribution in [0.5, 0.6) is 0 Å². The van der Waals surface area contributed by atoms with Crippen molar-refractivity contribution in [3.63, 3.8) is 0 Å². The van der Waals surface area contributed by atoms with Gasteiger partial charge in [-0.1, -0.05) is 19.3 Å². The van der Waals surface area contributed by atoms with Crippen LogP contribution in [-0.2, 0) is 4.74 Å². The second kappa shape index (κ2) is 7.43. The van der Waals surface area contributed by atoms with Gasteiger partial charge in [-0.05, 0) is 72.5 Å². The van der Waals surface area contributed by atoms with Crippen molar-refractivity contribution in [2.45, 2.75) is 88.8 Å². The Balaban J connectivity index is 2.06. The zero-order chi connectivity index (χ0) is 15.3. The number of likely N-dealkylation sites (tertiary alicyclic amines) is 1. The lowest BCUT2D eigenvalue weighted by Gasteiger charge is -2.49. The molecule has 2 rings (SSSR count). The first-order chi connectivity index (χ1) is 10.0. The van der Waals surface area contributed by atoms with Crippen LogP contribution in [0.25, 0.3) is 0 Å². The van der Waals surface area contributed by atoms with E-state index in [9.17, 15) is 0 Å². The summed E-state index contributed by atoms with van der Waals surface area (Å²) in [6, 6.07) is 0.604. The van der Waals surface area contributed by atoms with Gasteiger partial charge in [0.05, 0.1) is 5.60 Å². The molecule has 1 saturated heterocycles. The molecule has 0 bridgehead atoms. The molecule has 1 unspecified atom stereocenters. The van der Waals surface area contributed by atoms with E-state index >= 15 is 0 Å². The molecule has 0 amide bonds. The Labute approximate surface area is 131 Å². The van der Waals surface area contributed by atoms with Crippen LogP contribution in [-0.4, -0.2) is 49.3 Å². The number of nitrogens with one attached hydrogen (secondary N) is 1. The molecule has 1 N–H and O–H groups in total. The maximum Gasteiger partial charge on any atom is 0.0623 e. The van der Waals surface area contributed by atoms with Crippen LogP contribution in [0.4, 0.5) is 0 Å². The number of hydrogen-bond donors (Lipinski definition) is 1. The number of hydrogen-bond acceptors (Lipinski definition) is 3. The highest BCUT2D eigenvalue weighted by molar-refractivity contribution is 5.04. The van der Waals surface area contributed by atoms with Crippen LogP contribution in [0.1, 0.15) is 71.6 Å². The first-order valence-corrected chi connectivity index (χ1v) is 9.01. The van der Waals surface area contributed by atoms with Crippen LogP contribution in [0.3, 0.4) is 0 Å². The molecule has 0 radical (unpaired) electrons. The minimum atomic E-state index is -0.00318. The highest BCUT2D eigenvalue weighted by Gasteiger charge is 2.45. The Kier molecular flexibility index (Phi) is 6.10. The molecule has 3 heteroatoms. The summed E-state index contributed by atoms with van der Waals surface area (Å²) in [4.78, 5) is 2.84. The molecule has 3 nitrogen and oxygen atoms in total. The molecule has 1 saturated carbocycles. The minimum Gasteiger partial charge on any atom is -0.379 e. The topological polar surface area (TPSA) is 24.5 Å². The second-order valence-corrected chi connectivity index (χ2v) is 7.70. The lowest BCUT2D eigenvalue weighted by atomic mass is 9.80. The molecule has 0 aromatic rings. The number of rotatable bonds is 7. The zero-order valence-electron chi connectivity index (χ0n) is 14.7. The lowest BCUT2D eigenvalue weighted by molar-refractivity contribution is -0.00426. The summed E-state index contributed by atoms with van der Waals surface area (Å²) in [5.41, 5.74) is 0.412. The van der Waals surface area contributed by atoms with Crippen molar-refractivity contribution >= 4 is 0 Å². The third kappa shape index (κ3) is 4.00. The fraction of sp³-hybridized carbons (Fsp3) is 1.00. The molecule has 21 heavy (non-hydrogen) atoms. The molecule has 2 aliphatic rings. The van der Waals surface area contributed by atoms with Gasteiger partial charge in [-0.15, -0.1) is 0 Å². The largest absolute Gasteiger partial charge is 0.379 e. The Hall–Kier alpha value is -0.120. The third-order valence-electron chi connectivity index (χ3n) is 6.04. The smallest absolute Gasteiger partial charge is 0.0623 e. The summed E-state index contributed by atoms with van der Waals surface area (Å²) < 4.78 is 5.63. The standard InChI is InChI=1S/C18H36N2O/c1-17(2,21-4)13-10-16(19-3)18(11-6-7-12-18)20-14-8-5-9-15-20/h16,19H,5-15H2,1-4H3. The monoisotopic (exact) mass is 296 g/mol. The summed E-state index contributed by atoms with van der Waals surface area (Å²) in [7, 11) is 4.00. The molecular formula is C18H36N2O. The number of nitrogens with zero attached hydrogens (tertiary/aromatic N) is 1. The van der Waals surface area contributed by atoms with Crippen LogP contribution < -0.4 is 5.32 Å². The summed E-state index contributed by atoms with van der Waals surface area (Å²) in [6.07, 6.45) is 12.1. The molecule has 2 fully saturated rings. The Morgan fingerprint density at radius 1 is 1.10 bits per heavy atom. The average Bonchev–Trinajstić information content (AvgIpc) is 2.99. The molecule has 124 valence electrons. The first kappa shape index (κ1) is 17.2. The summed E-state index contributed by atoms with van der Waals surface area (Å²) in [5, 5.41) is 3.68. The van der Waals surface area contributed by atoms with Gasteiger partial charge in [0.2, 0.25) is 0 Å². The lowest BCUT2D eigenvalue weighted by Crippen LogP contribution is -2.60. The minimum absolute atomic E-state index is 0.00318. The van der Waals surface area contributed by atoms with E-state index in [1.54, 1.807) is 0 Å². The molecule has 1 aliphatic carbocycles. The summed E-state index contributed by atoms with van der Waals surface area (Å²) >= 11 is 0. The first-order valence-electron chi connectivity index (χ1n) is 9.01. The molecule has 0 aromatic heterocycles. The summed E-state index contributed by atoms with van der Waals surface area (Å²) in [6.45, 7) is 7.04. The van der Waals surface area contributed by atoms with E-state index in [2.05, 4.69) is 31.1 Å². The second-order valence-electron chi connectivity index (χ2n) is 7.70. The highest BCUT2D eigenvalue weighted by Crippen LogP contribution is 2.41. The van der Waals surface area contributed by atoms with E-state index in [0.29, 0.717) is 11.6 Å². The van der Waals surface area contributed by atoms with Crippen molar-refractivity contribution in [3.05, 3.63) is 0 Å². The number of piperidine rings is 1. The van der Waals surface area contributed by atoms with Crippen molar-refractivity contribution in [2.75, 3.05) is 27.2 Å². The number of methoxy groups -OCH3 is 1. The van der Waals surface area contributed by atoms with Crippen LogP contribution >= 0.6 is 0 Å². The fourth-order valence-corrected chi connectivity index (χ4v) is 4.49. The van der Waals surface area contributed by atoms with Gasteiger partial charge in [-0.3, -0.25) is 4.90 Å². The predicted molar refractivity (Wildman–Crippen MR) is 89.8 cm³/mol. The summed E-state index contributed by atoms with van der Waals surface area (Å²) in [5.74, 6) is 0. The predicted octanol–water partition coefficient (Wildman–Crippen LogP) is 3.58. The van der Waals surface area contributed by atoms with Gasteiger partial charge in [0, 0.05) is 18.7 Å². The highest BCUT2D eigenvalue weighted by atomic mass is 16.5. The SMILES string of the molecule is CNC(CCC(C)(C)OC)C1(N2CCCCC2)CCCC1. The van der Waals surface area contributed by atoms with Gasteiger partial charge in [-0.25, -0.2) is 0 Å². The average molecular weight is 296 g/mol. The molecule has 1 aliphatic heterocycles. The van der Waals surface area contributed by atoms with Crippen LogP contribution in [0.2, 0.25) is 0 Å². The molecule has 1 heterocycles. The van der Waals surface area contributed by atoms with Crippen molar-refractivity contribution in [1.29, 1.82) is 0 Å². The van der Waals surface area contributed by atoms with Gasteiger partial charge >= 0.3 is 0 Å². The maximum atomic E-state index is 5.63. The van der Waals surface area contributed by atoms with Gasteiger partial charge < -0.3 is 10.1 Å². The van der Waals surface area contributed by atoms with Gasteiger partial charge in [0.1, 0.15) is 0 Å². The normalized spacial score (nSPS) is 25.1. The van der Waals surface area contributed by atoms with Crippen LogP contribution in [0.15, 0.2) is 0 Å². The maximum absolute atomic E-state index is 5.63. The Morgan fingerprint density at radius 3 is 2.24 bits per heavy atom. The van der Waals surface area contributed by atoms with Crippen molar-refractivity contribution in [2.24, 2.45) is 0 Å². The van der Waals surface area contributed by atoms with Crippen molar-refractivity contribution in [3.8, 4) is 0 Å². The van der Waals surface area contributed by atoms with E-state index in [0.717, 1.165) is 6.42 Å². The molecule has 0 aromatic carbocycles. The quantitative estimate of drug-likeness (QED) is 0.777. The van der Waals surface area contributed by atoms with E-state index in [1.807, 2.05) is 7.11 Å². The fourth-order valence-electron chi connectivity index (χ4n) is 4.49. The van der Waals surface area contributed by atoms with E-state index in [4.69, 9.17) is 4.74 Å². The van der Waals surface area contributed by atoms with Crippen molar-refractivity contribution < 1.29 is 4.74 Å². The van der Waals surface area contributed by atoms with Gasteiger partial charge in [0.15, 0.2) is 0 Å². The zero-order valence-corrected chi connectivity index (χ0v) is 14.7. The Bertz CT molecular complexity index is 304. The van der Waals surface area contributed by atoms with Gasteiger partial charge in [0.25, 0.3) is 0 Å². The van der Waals surface area contributed by atoms with Crippen molar-refractivity contribution in [1.82, 2.24) is 10.2 Å². The number of likely N-dealkylation sites (N-methyl/N-ethyl adjacent to an activating group) is 1. The molecular weight excluding hydrogens is 260 g/mol.